The average Bonchev–Trinajstić information content (AvgIpc) is 2.78. The van der Waals surface area contributed by atoms with Crippen LogP contribution in [0.25, 0.3) is 10.8 Å². The summed E-state index contributed by atoms with van der Waals surface area (Å²) >= 11 is 0. The fraction of sp³-hybridized carbons (Fsp3) is 0.273. The lowest BCUT2D eigenvalue weighted by Crippen LogP contribution is -2.39. The number of anilines is 1. The van der Waals surface area contributed by atoms with Crippen molar-refractivity contribution in [2.75, 3.05) is 17.8 Å². The first kappa shape index (κ1) is 23.1. The first-order valence-corrected chi connectivity index (χ1v) is 13.3. The van der Waals surface area contributed by atoms with Crippen molar-refractivity contribution >= 4 is 42.2 Å². The molecule has 1 aliphatic heterocycles. The van der Waals surface area contributed by atoms with Crippen molar-refractivity contribution in [3.05, 3.63) is 70.8 Å². The highest BCUT2D eigenvalue weighted by molar-refractivity contribution is 7.92. The van der Waals surface area contributed by atoms with Crippen molar-refractivity contribution in [1.82, 2.24) is 4.31 Å². The fourth-order valence-electron chi connectivity index (χ4n) is 3.96. The van der Waals surface area contributed by atoms with Crippen LogP contribution >= 0.6 is 0 Å². The summed E-state index contributed by atoms with van der Waals surface area (Å²) in [5.41, 5.74) is -0.940. The van der Waals surface area contributed by atoms with Crippen LogP contribution in [0, 0.1) is 16.0 Å². The Hall–Kier alpha value is -3.02. The van der Waals surface area contributed by atoms with E-state index in [4.69, 9.17) is 0 Å². The second-order valence-electron chi connectivity index (χ2n) is 8.16. The van der Waals surface area contributed by atoms with E-state index in [1.54, 1.807) is 18.2 Å². The molecule has 0 saturated carbocycles. The Bertz CT molecular complexity index is 1440. The first-order valence-electron chi connectivity index (χ1n) is 10.4. The van der Waals surface area contributed by atoms with Crippen molar-refractivity contribution in [3.8, 4) is 0 Å². The van der Waals surface area contributed by atoms with E-state index in [0.717, 1.165) is 23.9 Å². The predicted molar refractivity (Wildman–Crippen MR) is 125 cm³/mol. The Morgan fingerprint density at radius 1 is 0.970 bits per heavy atom. The van der Waals surface area contributed by atoms with E-state index in [9.17, 15) is 26.9 Å². The molecule has 1 N–H and O–H groups in total. The Morgan fingerprint density at radius 3 is 2.36 bits per heavy atom. The summed E-state index contributed by atoms with van der Waals surface area (Å²) in [6.07, 6.45) is 1.63. The summed E-state index contributed by atoms with van der Waals surface area (Å²) in [7, 11) is -8.09. The normalized spacial score (nSPS) is 17.7. The van der Waals surface area contributed by atoms with Crippen LogP contribution in [0.4, 0.5) is 11.4 Å². The maximum Gasteiger partial charge on any atom is 0.294 e. The van der Waals surface area contributed by atoms with E-state index < -0.39 is 30.7 Å². The highest BCUT2D eigenvalue weighted by atomic mass is 32.2. The Morgan fingerprint density at radius 2 is 1.67 bits per heavy atom. The molecule has 0 spiro atoms. The van der Waals surface area contributed by atoms with Gasteiger partial charge in [0.05, 0.1) is 14.7 Å². The van der Waals surface area contributed by atoms with Gasteiger partial charge >= 0.3 is 0 Å². The molecule has 1 unspecified atom stereocenters. The van der Waals surface area contributed by atoms with E-state index in [2.05, 4.69) is 4.72 Å². The van der Waals surface area contributed by atoms with Crippen molar-refractivity contribution in [1.29, 1.82) is 0 Å². The van der Waals surface area contributed by atoms with Crippen molar-refractivity contribution in [2.24, 2.45) is 5.92 Å². The van der Waals surface area contributed by atoms with E-state index >= 15 is 0 Å². The molecule has 1 heterocycles. The number of hydrogen-bond donors (Lipinski definition) is 1. The maximum atomic E-state index is 13.0. The number of nitrogens with one attached hydrogen (secondary N) is 1. The second kappa shape index (κ2) is 8.73. The van der Waals surface area contributed by atoms with Crippen LogP contribution < -0.4 is 4.72 Å². The lowest BCUT2D eigenvalue weighted by atomic mass is 10.0. The average molecular weight is 490 g/mol. The van der Waals surface area contributed by atoms with Gasteiger partial charge in [-0.05, 0) is 53.8 Å². The predicted octanol–water partition coefficient (Wildman–Crippen LogP) is 3.97. The molecule has 1 aliphatic rings. The third-order valence-electron chi connectivity index (χ3n) is 5.70. The maximum absolute atomic E-state index is 13.0. The fourth-order valence-corrected chi connectivity index (χ4v) is 6.69. The molecule has 3 aromatic carbocycles. The van der Waals surface area contributed by atoms with Gasteiger partial charge in [0.1, 0.15) is 5.69 Å². The molecule has 174 valence electrons. The number of nitro benzene ring substituents is 1. The molecular weight excluding hydrogens is 466 g/mol. The Kier molecular flexibility index (Phi) is 6.12. The minimum atomic E-state index is -4.15. The first-order chi connectivity index (χ1) is 15.6. The topological polar surface area (TPSA) is 127 Å². The van der Waals surface area contributed by atoms with Crippen molar-refractivity contribution in [3.63, 3.8) is 0 Å². The summed E-state index contributed by atoms with van der Waals surface area (Å²) in [6.45, 7) is 2.64. The monoisotopic (exact) mass is 489 g/mol. The van der Waals surface area contributed by atoms with Crippen LogP contribution in [0.3, 0.4) is 0 Å². The molecule has 1 saturated heterocycles. The van der Waals surface area contributed by atoms with Gasteiger partial charge in [-0.2, -0.15) is 4.31 Å². The summed E-state index contributed by atoms with van der Waals surface area (Å²) in [5.74, 6) is 0.191. The van der Waals surface area contributed by atoms with Gasteiger partial charge in [-0.15, -0.1) is 0 Å². The zero-order valence-electron chi connectivity index (χ0n) is 17.8. The van der Waals surface area contributed by atoms with E-state index in [1.807, 2.05) is 19.1 Å². The third kappa shape index (κ3) is 4.70. The number of sulfonamides is 2. The minimum absolute atomic E-state index is 0.0606. The van der Waals surface area contributed by atoms with Gasteiger partial charge in [-0.1, -0.05) is 37.3 Å². The molecule has 0 amide bonds. The van der Waals surface area contributed by atoms with Crippen LogP contribution in [0.5, 0.6) is 0 Å². The molecular formula is C22H23N3O6S2. The summed E-state index contributed by atoms with van der Waals surface area (Å²) < 4.78 is 55.4. The lowest BCUT2D eigenvalue weighted by molar-refractivity contribution is -0.384. The Balaban J connectivity index is 1.68. The molecule has 4 rings (SSSR count). The van der Waals surface area contributed by atoms with Gasteiger partial charge < -0.3 is 0 Å². The highest BCUT2D eigenvalue weighted by Crippen LogP contribution is 2.32. The molecule has 33 heavy (non-hydrogen) atoms. The SMILES string of the molecule is CC1CCCN(S(=O)(=O)c2ccc(NS(=O)(=O)c3ccc4ccccc4c3)c([N+](=O)[O-])c2)C1. The standard InChI is InChI=1S/C22H23N3O6S2/c1-16-5-4-12-24(15-16)33(30,31)20-10-11-21(22(14-20)25(26)27)23-32(28,29)19-9-8-17-6-2-3-7-18(17)13-19/h2-3,6-11,13-14,16,23H,4-5,12,15H2,1H3. The number of fused-ring (bicyclic) bond motifs is 1. The van der Waals surface area contributed by atoms with Gasteiger partial charge in [0, 0.05) is 19.2 Å². The van der Waals surface area contributed by atoms with Crippen molar-refractivity contribution < 1.29 is 21.8 Å². The van der Waals surface area contributed by atoms with E-state index in [1.165, 1.54) is 22.5 Å². The van der Waals surface area contributed by atoms with E-state index in [-0.39, 0.29) is 21.4 Å². The summed E-state index contributed by atoms with van der Waals surface area (Å²) in [4.78, 5) is 10.6. The van der Waals surface area contributed by atoms with Gasteiger partial charge in [0.15, 0.2) is 0 Å². The van der Waals surface area contributed by atoms with Gasteiger partial charge in [0.2, 0.25) is 10.0 Å². The molecule has 0 radical (unpaired) electrons. The lowest BCUT2D eigenvalue weighted by Gasteiger charge is -2.30. The molecule has 11 heteroatoms. The second-order valence-corrected chi connectivity index (χ2v) is 11.8. The Labute approximate surface area is 192 Å². The number of nitrogens with zero attached hydrogens (tertiary/aromatic N) is 2. The molecule has 9 nitrogen and oxygen atoms in total. The zero-order valence-corrected chi connectivity index (χ0v) is 19.5. The van der Waals surface area contributed by atoms with Crippen LogP contribution in [-0.2, 0) is 20.0 Å². The minimum Gasteiger partial charge on any atom is -0.273 e. The largest absolute Gasteiger partial charge is 0.294 e. The van der Waals surface area contributed by atoms with Gasteiger partial charge in [-0.25, -0.2) is 16.8 Å². The number of benzene rings is 3. The smallest absolute Gasteiger partial charge is 0.273 e. The van der Waals surface area contributed by atoms with Crippen LogP contribution in [0.2, 0.25) is 0 Å². The van der Waals surface area contributed by atoms with Gasteiger partial charge in [0.25, 0.3) is 15.7 Å². The summed E-state index contributed by atoms with van der Waals surface area (Å²) in [6, 6.07) is 15.0. The molecule has 1 fully saturated rings. The van der Waals surface area contributed by atoms with Crippen LogP contribution in [-0.4, -0.2) is 39.2 Å². The quantitative estimate of drug-likeness (QED) is 0.412. The molecule has 1 atom stereocenters. The number of piperidine rings is 1. The summed E-state index contributed by atoms with van der Waals surface area (Å²) in [5, 5.41) is 13.2. The van der Waals surface area contributed by atoms with Crippen molar-refractivity contribution in [2.45, 2.75) is 29.6 Å². The molecule has 0 bridgehead atoms. The van der Waals surface area contributed by atoms with E-state index in [0.29, 0.717) is 24.9 Å². The number of rotatable bonds is 6. The zero-order chi connectivity index (χ0) is 23.8. The molecule has 0 aromatic heterocycles. The number of nitro groups is 1. The van der Waals surface area contributed by atoms with Gasteiger partial charge in [-0.3, -0.25) is 14.8 Å². The molecule has 3 aromatic rings. The van der Waals surface area contributed by atoms with Crippen LogP contribution in [0.1, 0.15) is 19.8 Å². The number of hydrogen-bond acceptors (Lipinski definition) is 6. The third-order valence-corrected chi connectivity index (χ3v) is 8.92. The molecule has 0 aliphatic carbocycles. The highest BCUT2D eigenvalue weighted by Gasteiger charge is 2.31. The van der Waals surface area contributed by atoms with Crippen LogP contribution in [0.15, 0.2) is 70.5 Å².